The van der Waals surface area contributed by atoms with Crippen molar-refractivity contribution in [1.82, 2.24) is 20.2 Å². The number of amides is 2. The highest BCUT2D eigenvalue weighted by Gasteiger charge is 2.33. The number of likely N-dealkylation sites (tertiary alicyclic amines) is 1. The summed E-state index contributed by atoms with van der Waals surface area (Å²) < 4.78 is 17.7. The molecule has 1 aliphatic rings. The average Bonchev–Trinajstić information content (AvgIpc) is 3.03. The third-order valence-corrected chi connectivity index (χ3v) is 3.47. The van der Waals surface area contributed by atoms with Crippen molar-refractivity contribution in [2.45, 2.75) is 25.0 Å². The van der Waals surface area contributed by atoms with E-state index in [1.54, 1.807) is 0 Å². The van der Waals surface area contributed by atoms with Gasteiger partial charge < -0.3 is 25.0 Å². The molecule has 1 fully saturated rings. The fourth-order valence-electron chi connectivity index (χ4n) is 2.34. The van der Waals surface area contributed by atoms with Crippen LogP contribution in [0.15, 0.2) is 12.4 Å². The maximum absolute atomic E-state index is 12.2. The summed E-state index contributed by atoms with van der Waals surface area (Å²) in [5, 5.41) is 11.8. The van der Waals surface area contributed by atoms with Crippen molar-refractivity contribution in [2.75, 3.05) is 26.4 Å². The van der Waals surface area contributed by atoms with Crippen molar-refractivity contribution in [3.8, 4) is 0 Å². The molecule has 22 heavy (non-hydrogen) atoms. The van der Waals surface area contributed by atoms with E-state index in [2.05, 4.69) is 15.3 Å². The van der Waals surface area contributed by atoms with E-state index in [0.717, 1.165) is 0 Å². The Morgan fingerprint density at radius 3 is 3.05 bits per heavy atom. The Balaban J connectivity index is 1.96. The number of H-pyrrole nitrogens is 1. The quantitative estimate of drug-likeness (QED) is 0.668. The molecule has 3 N–H and O–H groups in total. The van der Waals surface area contributed by atoms with Crippen LogP contribution in [-0.4, -0.2) is 70.5 Å². The Morgan fingerprint density at radius 1 is 1.59 bits per heavy atom. The first-order valence-electron chi connectivity index (χ1n) is 7.07. The van der Waals surface area contributed by atoms with Crippen molar-refractivity contribution in [3.05, 3.63) is 18.2 Å². The van der Waals surface area contributed by atoms with Crippen LogP contribution in [0.25, 0.3) is 0 Å². The van der Waals surface area contributed by atoms with Gasteiger partial charge in [0.2, 0.25) is 0 Å². The van der Waals surface area contributed by atoms with Gasteiger partial charge in [0.1, 0.15) is 0 Å². The zero-order chi connectivity index (χ0) is 15.9. The molecule has 0 spiro atoms. The van der Waals surface area contributed by atoms with E-state index < -0.39 is 18.9 Å². The minimum absolute atomic E-state index is 0.144. The number of rotatable bonds is 6. The fourth-order valence-corrected chi connectivity index (χ4v) is 2.34. The Hall–Kier alpha value is -2.16. The lowest BCUT2D eigenvalue weighted by Crippen LogP contribution is -2.56. The van der Waals surface area contributed by atoms with Crippen molar-refractivity contribution in [1.29, 1.82) is 0 Å². The summed E-state index contributed by atoms with van der Waals surface area (Å²) in [6.07, 6.45) is 2.14. The van der Waals surface area contributed by atoms with E-state index >= 15 is 0 Å². The van der Waals surface area contributed by atoms with Gasteiger partial charge in [0.25, 0.3) is 5.91 Å². The standard InChI is InChI=1S/C13H19FN4O4/c14-3-1-7-22-10-8-18(13(20)21)6-2-9(10)17-12(19)11-15-4-5-16-11/h4-5,9-10H,1-3,6-8H2,(H,15,16)(H,17,19)(H,20,21). The number of carboxylic acid groups (broad SMARTS) is 1. The molecule has 2 rings (SSSR count). The molecule has 0 saturated carbocycles. The molecule has 1 aromatic rings. The second kappa shape index (κ2) is 7.74. The van der Waals surface area contributed by atoms with Crippen LogP contribution in [0.4, 0.5) is 9.18 Å². The highest BCUT2D eigenvalue weighted by molar-refractivity contribution is 5.90. The van der Waals surface area contributed by atoms with Gasteiger partial charge in [0, 0.05) is 25.5 Å². The van der Waals surface area contributed by atoms with Crippen LogP contribution in [0.2, 0.25) is 0 Å². The van der Waals surface area contributed by atoms with E-state index in [4.69, 9.17) is 9.84 Å². The molecule has 122 valence electrons. The summed E-state index contributed by atoms with van der Waals surface area (Å²) >= 11 is 0. The van der Waals surface area contributed by atoms with E-state index in [1.807, 2.05) is 0 Å². The summed E-state index contributed by atoms with van der Waals surface area (Å²) in [7, 11) is 0. The molecule has 1 aromatic heterocycles. The number of carbonyl (C=O) groups is 2. The Kier molecular flexibility index (Phi) is 5.70. The van der Waals surface area contributed by atoms with Gasteiger partial charge in [0.05, 0.1) is 25.4 Å². The Labute approximate surface area is 126 Å². The average molecular weight is 314 g/mol. The number of aromatic nitrogens is 2. The molecule has 2 atom stereocenters. The van der Waals surface area contributed by atoms with Gasteiger partial charge in [-0.25, -0.2) is 9.78 Å². The van der Waals surface area contributed by atoms with Crippen molar-refractivity contribution in [2.24, 2.45) is 0 Å². The molecule has 0 aliphatic carbocycles. The lowest BCUT2D eigenvalue weighted by atomic mass is 10.0. The topological polar surface area (TPSA) is 108 Å². The van der Waals surface area contributed by atoms with Gasteiger partial charge >= 0.3 is 6.09 Å². The normalized spacial score (nSPS) is 21.6. The van der Waals surface area contributed by atoms with Gasteiger partial charge in [-0.3, -0.25) is 9.18 Å². The highest BCUT2D eigenvalue weighted by Crippen LogP contribution is 2.15. The highest BCUT2D eigenvalue weighted by atomic mass is 19.1. The molecular formula is C13H19FN4O4. The van der Waals surface area contributed by atoms with Crippen LogP contribution in [0.5, 0.6) is 0 Å². The smallest absolute Gasteiger partial charge is 0.407 e. The maximum Gasteiger partial charge on any atom is 0.407 e. The summed E-state index contributed by atoms with van der Waals surface area (Å²) in [6.45, 7) is 0.132. The number of halogens is 1. The molecule has 2 heterocycles. The zero-order valence-electron chi connectivity index (χ0n) is 12.0. The van der Waals surface area contributed by atoms with Crippen LogP contribution in [0, 0.1) is 0 Å². The summed E-state index contributed by atoms with van der Waals surface area (Å²) in [5.74, 6) is -0.193. The number of nitrogens with one attached hydrogen (secondary N) is 2. The van der Waals surface area contributed by atoms with E-state index in [-0.39, 0.29) is 37.3 Å². The predicted molar refractivity (Wildman–Crippen MR) is 74.4 cm³/mol. The number of ether oxygens (including phenoxy) is 1. The molecule has 1 saturated heterocycles. The zero-order valence-corrected chi connectivity index (χ0v) is 12.0. The van der Waals surface area contributed by atoms with Crippen molar-refractivity contribution in [3.63, 3.8) is 0 Å². The van der Waals surface area contributed by atoms with E-state index in [1.165, 1.54) is 17.3 Å². The molecule has 9 heteroatoms. The van der Waals surface area contributed by atoms with Gasteiger partial charge in [0.15, 0.2) is 5.82 Å². The molecule has 8 nitrogen and oxygen atoms in total. The van der Waals surface area contributed by atoms with Crippen LogP contribution < -0.4 is 5.32 Å². The van der Waals surface area contributed by atoms with Crippen molar-refractivity contribution < 1.29 is 23.8 Å². The van der Waals surface area contributed by atoms with Gasteiger partial charge in [-0.15, -0.1) is 0 Å². The summed E-state index contributed by atoms with van der Waals surface area (Å²) in [4.78, 5) is 30.9. The minimum Gasteiger partial charge on any atom is -0.465 e. The minimum atomic E-state index is -1.03. The van der Waals surface area contributed by atoms with Crippen LogP contribution in [-0.2, 0) is 4.74 Å². The largest absolute Gasteiger partial charge is 0.465 e. The SMILES string of the molecule is O=C(NC1CCN(C(=O)O)CC1OCCCF)c1ncc[nH]1. The van der Waals surface area contributed by atoms with Gasteiger partial charge in [-0.2, -0.15) is 0 Å². The molecule has 1 aliphatic heterocycles. The Bertz CT molecular complexity index is 496. The van der Waals surface area contributed by atoms with E-state index in [0.29, 0.717) is 13.0 Å². The molecule has 0 bridgehead atoms. The number of nitrogens with zero attached hydrogens (tertiary/aromatic N) is 2. The number of hydrogen-bond acceptors (Lipinski definition) is 4. The number of imidazole rings is 1. The van der Waals surface area contributed by atoms with Crippen molar-refractivity contribution >= 4 is 12.0 Å². The first kappa shape index (κ1) is 16.2. The van der Waals surface area contributed by atoms with E-state index in [9.17, 15) is 14.0 Å². The monoisotopic (exact) mass is 314 g/mol. The predicted octanol–water partition coefficient (Wildman–Crippen LogP) is 0.637. The number of aromatic amines is 1. The number of carbonyl (C=O) groups excluding carboxylic acids is 1. The first-order chi connectivity index (χ1) is 10.6. The lowest BCUT2D eigenvalue weighted by Gasteiger charge is -2.37. The molecule has 0 radical (unpaired) electrons. The second-order valence-corrected chi connectivity index (χ2v) is 4.99. The van der Waals surface area contributed by atoms with Crippen LogP contribution in [0.1, 0.15) is 23.5 Å². The first-order valence-corrected chi connectivity index (χ1v) is 7.07. The molecular weight excluding hydrogens is 295 g/mol. The summed E-state index contributed by atoms with van der Waals surface area (Å²) in [6, 6.07) is -0.340. The van der Waals surface area contributed by atoms with Crippen LogP contribution in [0.3, 0.4) is 0 Å². The molecule has 2 unspecified atom stereocenters. The fraction of sp³-hybridized carbons (Fsp3) is 0.615. The molecule has 0 aromatic carbocycles. The third kappa shape index (κ3) is 4.17. The van der Waals surface area contributed by atoms with Gasteiger partial charge in [-0.1, -0.05) is 0 Å². The second-order valence-electron chi connectivity index (χ2n) is 4.99. The number of alkyl halides is 1. The summed E-state index contributed by atoms with van der Waals surface area (Å²) in [5.41, 5.74) is 0. The molecule has 2 amide bonds. The van der Waals surface area contributed by atoms with Crippen LogP contribution >= 0.6 is 0 Å². The number of hydrogen-bond donors (Lipinski definition) is 3. The maximum atomic E-state index is 12.2. The lowest BCUT2D eigenvalue weighted by molar-refractivity contribution is -0.0185. The third-order valence-electron chi connectivity index (χ3n) is 3.47. The number of piperidine rings is 1. The van der Waals surface area contributed by atoms with Gasteiger partial charge in [-0.05, 0) is 12.8 Å². The Morgan fingerprint density at radius 2 is 2.41 bits per heavy atom.